The Morgan fingerprint density at radius 3 is 2.65 bits per heavy atom. The van der Waals surface area contributed by atoms with Gasteiger partial charge in [0.05, 0.1) is 22.3 Å². The Kier molecular flexibility index (Phi) is 2.64. The third-order valence-electron chi connectivity index (χ3n) is 3.14. The third kappa shape index (κ3) is 1.87. The van der Waals surface area contributed by atoms with Gasteiger partial charge in [0.1, 0.15) is 5.75 Å². The highest BCUT2D eigenvalue weighted by molar-refractivity contribution is 6.06. The molecule has 3 rings (SSSR count). The molecule has 2 aromatic heterocycles. The summed E-state index contributed by atoms with van der Waals surface area (Å²) in [4.78, 5) is 16.0. The second kappa shape index (κ2) is 4.34. The maximum Gasteiger partial charge on any atom is 0.249 e. The first-order chi connectivity index (χ1) is 9.56. The van der Waals surface area contributed by atoms with E-state index in [0.717, 1.165) is 5.56 Å². The quantitative estimate of drug-likeness (QED) is 0.658. The molecule has 4 N–H and O–H groups in total. The number of carbonyl (C=O) groups is 1. The fourth-order valence-corrected chi connectivity index (χ4v) is 2.16. The minimum atomic E-state index is -0.526. The van der Waals surface area contributed by atoms with Crippen LogP contribution in [0.3, 0.4) is 0 Å². The van der Waals surface area contributed by atoms with E-state index in [1.165, 1.54) is 0 Å². The van der Waals surface area contributed by atoms with Crippen LogP contribution in [0.25, 0.3) is 22.3 Å². The van der Waals surface area contributed by atoms with Crippen LogP contribution in [0.2, 0.25) is 0 Å². The van der Waals surface area contributed by atoms with Gasteiger partial charge in [0.25, 0.3) is 0 Å². The molecule has 20 heavy (non-hydrogen) atoms. The highest BCUT2D eigenvalue weighted by atomic mass is 16.3. The molecule has 0 bridgehead atoms. The number of hydrogen-bond donors (Lipinski definition) is 3. The molecule has 0 fully saturated rings. The smallest absolute Gasteiger partial charge is 0.249 e. The molecule has 0 saturated carbocycles. The lowest BCUT2D eigenvalue weighted by Crippen LogP contribution is -2.12. The standard InChI is InChI=1S/C14H12N4O2/c1-7-12-10(13(15)20)6-11(16-14(12)18-17-7)8-2-4-9(19)5-3-8/h2-6,19H,1H3,(H2,15,20)(H,16,17,18). The van der Waals surface area contributed by atoms with Crippen molar-refractivity contribution in [1.82, 2.24) is 15.2 Å². The first kappa shape index (κ1) is 12.2. The zero-order chi connectivity index (χ0) is 14.3. The average Bonchev–Trinajstić information content (AvgIpc) is 2.80. The molecule has 1 amide bonds. The van der Waals surface area contributed by atoms with Crippen LogP contribution in [0.15, 0.2) is 30.3 Å². The van der Waals surface area contributed by atoms with E-state index in [0.29, 0.717) is 28.0 Å². The number of amides is 1. The maximum absolute atomic E-state index is 11.6. The number of aromatic amines is 1. The largest absolute Gasteiger partial charge is 0.508 e. The average molecular weight is 268 g/mol. The van der Waals surface area contributed by atoms with Gasteiger partial charge in [-0.25, -0.2) is 4.98 Å². The number of pyridine rings is 1. The summed E-state index contributed by atoms with van der Waals surface area (Å²) in [5, 5.41) is 16.8. The minimum Gasteiger partial charge on any atom is -0.508 e. The van der Waals surface area contributed by atoms with Gasteiger partial charge in [-0.1, -0.05) is 0 Å². The van der Waals surface area contributed by atoms with Gasteiger partial charge in [0, 0.05) is 5.56 Å². The summed E-state index contributed by atoms with van der Waals surface area (Å²) in [6.45, 7) is 1.78. The van der Waals surface area contributed by atoms with Gasteiger partial charge in [-0.2, -0.15) is 5.10 Å². The molecule has 6 heteroatoms. The molecule has 0 radical (unpaired) electrons. The Labute approximate surface area is 114 Å². The summed E-state index contributed by atoms with van der Waals surface area (Å²) in [5.74, 6) is -0.357. The second-order valence-electron chi connectivity index (χ2n) is 4.50. The monoisotopic (exact) mass is 268 g/mol. The van der Waals surface area contributed by atoms with Crippen molar-refractivity contribution in [2.24, 2.45) is 5.73 Å². The van der Waals surface area contributed by atoms with E-state index in [2.05, 4.69) is 15.2 Å². The van der Waals surface area contributed by atoms with E-state index < -0.39 is 5.91 Å². The number of benzene rings is 1. The van der Waals surface area contributed by atoms with Crippen LogP contribution >= 0.6 is 0 Å². The highest BCUT2D eigenvalue weighted by Crippen LogP contribution is 2.26. The summed E-state index contributed by atoms with van der Waals surface area (Å²) in [5.41, 5.74) is 8.37. The number of primary amides is 1. The van der Waals surface area contributed by atoms with E-state index in [-0.39, 0.29) is 5.75 Å². The molecule has 3 aromatic rings. The number of aromatic hydroxyl groups is 1. The minimum absolute atomic E-state index is 0.169. The molecule has 0 aliphatic carbocycles. The number of carbonyl (C=O) groups excluding carboxylic acids is 1. The molecule has 6 nitrogen and oxygen atoms in total. The van der Waals surface area contributed by atoms with Gasteiger partial charge in [0.15, 0.2) is 5.65 Å². The van der Waals surface area contributed by atoms with Gasteiger partial charge >= 0.3 is 0 Å². The van der Waals surface area contributed by atoms with Crippen molar-refractivity contribution in [3.8, 4) is 17.0 Å². The Balaban J connectivity index is 2.27. The van der Waals surface area contributed by atoms with E-state index in [4.69, 9.17) is 5.73 Å². The van der Waals surface area contributed by atoms with Crippen LogP contribution in [0.5, 0.6) is 5.75 Å². The van der Waals surface area contributed by atoms with Crippen molar-refractivity contribution < 1.29 is 9.90 Å². The lowest BCUT2D eigenvalue weighted by atomic mass is 10.1. The van der Waals surface area contributed by atoms with Gasteiger partial charge in [-0.15, -0.1) is 0 Å². The Morgan fingerprint density at radius 2 is 2.00 bits per heavy atom. The first-order valence-corrected chi connectivity index (χ1v) is 6.01. The van der Waals surface area contributed by atoms with Crippen molar-refractivity contribution in [3.63, 3.8) is 0 Å². The van der Waals surface area contributed by atoms with Gasteiger partial charge < -0.3 is 10.8 Å². The number of aromatic nitrogens is 3. The summed E-state index contributed by atoms with van der Waals surface area (Å²) in [7, 11) is 0. The molecular weight excluding hydrogens is 256 g/mol. The zero-order valence-electron chi connectivity index (χ0n) is 10.7. The molecule has 1 aromatic carbocycles. The van der Waals surface area contributed by atoms with Crippen LogP contribution in [-0.4, -0.2) is 26.2 Å². The number of nitrogens with zero attached hydrogens (tertiary/aromatic N) is 2. The number of nitrogens with one attached hydrogen (secondary N) is 1. The van der Waals surface area contributed by atoms with Gasteiger partial charge in [0.2, 0.25) is 5.91 Å². The lowest BCUT2D eigenvalue weighted by molar-refractivity contribution is 0.100. The number of aryl methyl sites for hydroxylation is 1. The second-order valence-corrected chi connectivity index (χ2v) is 4.50. The fourth-order valence-electron chi connectivity index (χ4n) is 2.16. The topological polar surface area (TPSA) is 105 Å². The summed E-state index contributed by atoms with van der Waals surface area (Å²) < 4.78 is 0. The van der Waals surface area contributed by atoms with E-state index in [1.54, 1.807) is 37.3 Å². The van der Waals surface area contributed by atoms with Crippen molar-refractivity contribution in [3.05, 3.63) is 41.6 Å². The molecule has 0 unspecified atom stereocenters. The lowest BCUT2D eigenvalue weighted by Gasteiger charge is -2.05. The first-order valence-electron chi connectivity index (χ1n) is 6.01. The van der Waals surface area contributed by atoms with Crippen LogP contribution in [-0.2, 0) is 0 Å². The normalized spacial score (nSPS) is 10.8. The van der Waals surface area contributed by atoms with E-state index in [1.807, 2.05) is 0 Å². The van der Waals surface area contributed by atoms with Crippen LogP contribution < -0.4 is 5.73 Å². The summed E-state index contributed by atoms with van der Waals surface area (Å²) in [6, 6.07) is 8.20. The van der Waals surface area contributed by atoms with E-state index in [9.17, 15) is 9.90 Å². The number of nitrogens with two attached hydrogens (primary N) is 1. The predicted molar refractivity (Wildman–Crippen MR) is 74.2 cm³/mol. The number of H-pyrrole nitrogens is 1. The van der Waals surface area contributed by atoms with Crippen LogP contribution in [0.4, 0.5) is 0 Å². The van der Waals surface area contributed by atoms with Crippen molar-refractivity contribution in [1.29, 1.82) is 0 Å². The Morgan fingerprint density at radius 1 is 1.30 bits per heavy atom. The molecule has 0 atom stereocenters. The maximum atomic E-state index is 11.6. The number of phenols is 1. The summed E-state index contributed by atoms with van der Waals surface area (Å²) in [6.07, 6.45) is 0. The molecule has 2 heterocycles. The van der Waals surface area contributed by atoms with Crippen molar-refractivity contribution in [2.75, 3.05) is 0 Å². The zero-order valence-corrected chi connectivity index (χ0v) is 10.7. The molecule has 0 aliphatic heterocycles. The number of fused-ring (bicyclic) bond motifs is 1. The molecule has 0 saturated heterocycles. The summed E-state index contributed by atoms with van der Waals surface area (Å²) >= 11 is 0. The fraction of sp³-hybridized carbons (Fsp3) is 0.0714. The molecular formula is C14H12N4O2. The van der Waals surface area contributed by atoms with Crippen molar-refractivity contribution >= 4 is 16.9 Å². The van der Waals surface area contributed by atoms with Gasteiger partial charge in [-0.05, 0) is 37.3 Å². The number of hydrogen-bond acceptors (Lipinski definition) is 4. The molecule has 0 spiro atoms. The SMILES string of the molecule is Cc1n[nH]c2nc(-c3ccc(O)cc3)cc(C(N)=O)c12. The van der Waals surface area contributed by atoms with Crippen LogP contribution in [0.1, 0.15) is 16.1 Å². The third-order valence-corrected chi connectivity index (χ3v) is 3.14. The predicted octanol–water partition coefficient (Wildman–Crippen LogP) is 1.74. The van der Waals surface area contributed by atoms with Crippen molar-refractivity contribution in [2.45, 2.75) is 6.92 Å². The van der Waals surface area contributed by atoms with Gasteiger partial charge in [-0.3, -0.25) is 9.89 Å². The van der Waals surface area contributed by atoms with Crippen LogP contribution in [0, 0.1) is 6.92 Å². The Hall–Kier alpha value is -2.89. The molecule has 100 valence electrons. The van der Waals surface area contributed by atoms with E-state index >= 15 is 0 Å². The highest BCUT2D eigenvalue weighted by Gasteiger charge is 2.15. The number of phenolic OH excluding ortho intramolecular Hbond substituents is 1. The molecule has 0 aliphatic rings. The Bertz CT molecular complexity index is 806. The number of rotatable bonds is 2.